The van der Waals surface area contributed by atoms with Crippen LogP contribution in [-0.4, -0.2) is 5.37 Å². The molecule has 1 heterocycles. The van der Waals surface area contributed by atoms with E-state index in [1.165, 1.54) is 21.8 Å². The summed E-state index contributed by atoms with van der Waals surface area (Å²) in [6, 6.07) is 8.46. The average Bonchev–Trinajstić information content (AvgIpc) is 2.05. The lowest BCUT2D eigenvalue weighted by molar-refractivity contribution is 1.43. The van der Waals surface area contributed by atoms with Crippen LogP contribution in [0.3, 0.4) is 0 Å². The molecule has 1 aliphatic rings. The van der Waals surface area contributed by atoms with Crippen LogP contribution >= 0.6 is 11.4 Å². The first-order chi connectivity index (χ1) is 4.97. The fourth-order valence-electron chi connectivity index (χ4n) is 1.02. The van der Waals surface area contributed by atoms with Gasteiger partial charge in [-0.25, -0.2) is 0 Å². The molecule has 0 saturated carbocycles. The predicted octanol–water partition coefficient (Wildman–Crippen LogP) is 2.34. The first kappa shape index (κ1) is 5.93. The minimum Gasteiger partial charge on any atom is -0.169 e. The maximum absolute atomic E-state index is 2.16. The van der Waals surface area contributed by atoms with Gasteiger partial charge in [-0.15, -0.1) is 0 Å². The smallest absolute Gasteiger partial charge is 0.00610 e. The Hall–Kier alpha value is -0.820. The summed E-state index contributed by atoms with van der Waals surface area (Å²) in [6.07, 6.45) is 4.25. The van der Waals surface area contributed by atoms with Gasteiger partial charge in [0.25, 0.3) is 0 Å². The van der Waals surface area contributed by atoms with E-state index in [4.69, 9.17) is 0 Å². The monoisotopic (exact) mass is 148 g/mol. The molecule has 0 radical (unpaired) electrons. The molecule has 0 saturated heterocycles. The van der Waals surface area contributed by atoms with Gasteiger partial charge in [-0.1, -0.05) is 30.4 Å². The van der Waals surface area contributed by atoms with Crippen molar-refractivity contribution < 1.29 is 0 Å². The van der Waals surface area contributed by atoms with Crippen molar-refractivity contribution in [2.45, 2.75) is 4.90 Å². The minimum absolute atomic E-state index is 1.32. The summed E-state index contributed by atoms with van der Waals surface area (Å²) in [4.78, 5) is 1.41. The van der Waals surface area contributed by atoms with E-state index in [-0.39, 0.29) is 0 Å². The van der Waals surface area contributed by atoms with Gasteiger partial charge < -0.3 is 0 Å². The molecule has 0 aliphatic carbocycles. The average molecular weight is 148 g/mol. The normalized spacial score (nSPS) is 14.0. The molecule has 0 fully saturated rings. The third-order valence-electron chi connectivity index (χ3n) is 1.51. The quantitative estimate of drug-likeness (QED) is 0.423. The van der Waals surface area contributed by atoms with Gasteiger partial charge >= 0.3 is 0 Å². The number of benzene rings is 1. The summed E-state index contributed by atoms with van der Waals surface area (Å²) in [5.74, 6) is 0. The zero-order valence-electron chi connectivity index (χ0n) is 5.49. The van der Waals surface area contributed by atoms with E-state index in [9.17, 15) is 0 Å². The molecule has 0 aromatic heterocycles. The van der Waals surface area contributed by atoms with Crippen molar-refractivity contribution in [3.05, 3.63) is 35.9 Å². The van der Waals surface area contributed by atoms with Crippen LogP contribution in [0.5, 0.6) is 0 Å². The topological polar surface area (TPSA) is 0 Å². The predicted molar refractivity (Wildman–Crippen MR) is 48.8 cm³/mol. The first-order valence-corrected chi connectivity index (χ1v) is 4.23. The zero-order valence-corrected chi connectivity index (χ0v) is 6.38. The highest BCUT2D eigenvalue weighted by atomic mass is 32.1. The van der Waals surface area contributed by atoms with Crippen LogP contribution in [0, 0.1) is 0 Å². The lowest BCUT2D eigenvalue weighted by atomic mass is 10.2. The van der Waals surface area contributed by atoms with Crippen LogP contribution in [-0.2, 0) is 0 Å². The third-order valence-corrected chi connectivity index (χ3v) is 2.52. The molecule has 2 rings (SSSR count). The van der Waals surface area contributed by atoms with Crippen molar-refractivity contribution in [2.24, 2.45) is 0 Å². The Balaban J connectivity index is 2.65. The van der Waals surface area contributed by atoms with Crippen LogP contribution in [0.25, 0.3) is 6.08 Å². The van der Waals surface area contributed by atoms with Crippen LogP contribution in [0.4, 0.5) is 0 Å². The summed E-state index contributed by atoms with van der Waals surface area (Å²) in [5, 5.41) is 2.16. The number of rotatable bonds is 0. The Kier molecular flexibility index (Phi) is 1.44. The third kappa shape index (κ3) is 0.929. The second kappa shape index (κ2) is 2.43. The number of thiol groups is 1. The number of allylic oxidation sites excluding steroid dienone is 1. The van der Waals surface area contributed by atoms with Crippen molar-refractivity contribution in [2.75, 3.05) is 0 Å². The van der Waals surface area contributed by atoms with E-state index in [0.29, 0.717) is 0 Å². The summed E-state index contributed by atoms with van der Waals surface area (Å²) in [5.41, 5.74) is 1.35. The second-order valence-electron chi connectivity index (χ2n) is 2.20. The fourth-order valence-corrected chi connectivity index (χ4v) is 1.82. The molecule has 1 heteroatoms. The van der Waals surface area contributed by atoms with Gasteiger partial charge in [0.15, 0.2) is 0 Å². The second-order valence-corrected chi connectivity index (χ2v) is 3.23. The maximum atomic E-state index is 2.16. The molecule has 10 heavy (non-hydrogen) atoms. The molecular formula is C9H8S. The van der Waals surface area contributed by atoms with Gasteiger partial charge in [0.2, 0.25) is 0 Å². The molecule has 0 amide bonds. The van der Waals surface area contributed by atoms with Crippen molar-refractivity contribution in [1.82, 2.24) is 0 Å². The maximum Gasteiger partial charge on any atom is 0.00610 e. The van der Waals surface area contributed by atoms with Crippen molar-refractivity contribution >= 4 is 22.8 Å². The minimum atomic E-state index is 1.32. The van der Waals surface area contributed by atoms with Gasteiger partial charge in [-0.2, -0.15) is 11.4 Å². The Labute approximate surface area is 64.2 Å². The van der Waals surface area contributed by atoms with E-state index < -0.39 is 0 Å². The summed E-state index contributed by atoms with van der Waals surface area (Å²) in [7, 11) is 0. The Morgan fingerprint density at radius 3 is 2.90 bits per heavy atom. The molecule has 0 spiro atoms. The largest absolute Gasteiger partial charge is 0.169 e. The van der Waals surface area contributed by atoms with Crippen LogP contribution in [0.1, 0.15) is 5.56 Å². The van der Waals surface area contributed by atoms with E-state index in [1.54, 1.807) is 0 Å². The van der Waals surface area contributed by atoms with Crippen LogP contribution < -0.4 is 0 Å². The van der Waals surface area contributed by atoms with Crippen molar-refractivity contribution in [3.63, 3.8) is 0 Å². The van der Waals surface area contributed by atoms with Gasteiger partial charge in [0.05, 0.1) is 0 Å². The van der Waals surface area contributed by atoms with E-state index in [0.717, 1.165) is 0 Å². The molecule has 0 N–H and O–H groups in total. The molecule has 0 nitrogen and oxygen atoms in total. The van der Waals surface area contributed by atoms with Gasteiger partial charge in [-0.3, -0.25) is 0 Å². The zero-order chi connectivity index (χ0) is 6.81. The highest BCUT2D eigenvalue weighted by Crippen LogP contribution is 2.20. The van der Waals surface area contributed by atoms with Crippen LogP contribution in [0.15, 0.2) is 35.2 Å². The summed E-state index contributed by atoms with van der Waals surface area (Å²) < 4.78 is 0. The lowest BCUT2D eigenvalue weighted by Crippen LogP contribution is -1.79. The molecule has 50 valence electrons. The fraction of sp³-hybridized carbons (Fsp3) is 0. The molecule has 0 unspecified atom stereocenters. The van der Waals surface area contributed by atoms with E-state index in [2.05, 4.69) is 41.8 Å². The molecule has 1 aromatic carbocycles. The summed E-state index contributed by atoms with van der Waals surface area (Å²) in [6.45, 7) is 0. The molecule has 1 aromatic rings. The number of hydrogen-bond donors (Lipinski definition) is 1. The summed E-state index contributed by atoms with van der Waals surface area (Å²) >= 11 is 1.32. The van der Waals surface area contributed by atoms with Gasteiger partial charge in [-0.05, 0) is 17.0 Å². The van der Waals surface area contributed by atoms with E-state index in [1.807, 2.05) is 0 Å². The molecule has 0 bridgehead atoms. The lowest BCUT2D eigenvalue weighted by Gasteiger charge is -2.02. The van der Waals surface area contributed by atoms with Crippen LogP contribution in [0.2, 0.25) is 0 Å². The molecule has 0 atom stereocenters. The first-order valence-electron chi connectivity index (χ1n) is 3.26. The molecular weight excluding hydrogens is 140 g/mol. The van der Waals surface area contributed by atoms with E-state index >= 15 is 0 Å². The number of fused-ring (bicyclic) bond motifs is 1. The van der Waals surface area contributed by atoms with Gasteiger partial charge in [0, 0.05) is 4.90 Å². The standard InChI is InChI=1S/C9H8S/c1-2-6-9-8(4-1)5-3-7-10-9/h1-7,10H. The van der Waals surface area contributed by atoms with Gasteiger partial charge in [0.1, 0.15) is 0 Å². The Morgan fingerprint density at radius 2 is 2.00 bits per heavy atom. The Bertz CT molecular complexity index is 266. The van der Waals surface area contributed by atoms with Crippen molar-refractivity contribution in [1.29, 1.82) is 0 Å². The highest BCUT2D eigenvalue weighted by molar-refractivity contribution is 7.98. The molecule has 1 aliphatic heterocycles. The Morgan fingerprint density at radius 1 is 1.10 bits per heavy atom. The SMILES string of the molecule is C1=Cc2ccccc2[SH]=C1. The highest BCUT2D eigenvalue weighted by Gasteiger charge is 1.94. The number of hydrogen-bond acceptors (Lipinski definition) is 0. The van der Waals surface area contributed by atoms with Crippen molar-refractivity contribution in [3.8, 4) is 0 Å².